The van der Waals surface area contributed by atoms with Crippen LogP contribution in [0.4, 0.5) is 0 Å². The average Bonchev–Trinajstić information content (AvgIpc) is 2.70. The molecule has 0 aromatic heterocycles. The molecular formula is C22H27NO5. The van der Waals surface area contributed by atoms with Crippen LogP contribution in [0, 0.1) is 5.92 Å². The minimum atomic E-state index is -0.937. The number of carboxylic acid groups (broad SMARTS) is 1. The molecular weight excluding hydrogens is 358 g/mol. The van der Waals surface area contributed by atoms with Gasteiger partial charge in [0, 0.05) is 6.54 Å². The smallest absolute Gasteiger partial charge is 0.308 e. The predicted octanol–water partition coefficient (Wildman–Crippen LogP) is 3.04. The molecule has 150 valence electrons. The first-order valence-electron chi connectivity index (χ1n) is 9.07. The van der Waals surface area contributed by atoms with Crippen LogP contribution in [0.25, 0.3) is 0 Å². The van der Waals surface area contributed by atoms with Crippen molar-refractivity contribution >= 4 is 11.9 Å². The van der Waals surface area contributed by atoms with Gasteiger partial charge in [0.2, 0.25) is 5.91 Å². The molecule has 1 atom stereocenters. The second-order valence-corrected chi connectivity index (χ2v) is 7.13. The van der Waals surface area contributed by atoms with Crippen molar-refractivity contribution in [2.24, 2.45) is 5.92 Å². The lowest BCUT2D eigenvalue weighted by Crippen LogP contribution is -2.43. The largest absolute Gasteiger partial charge is 0.493 e. The minimum Gasteiger partial charge on any atom is -0.493 e. The fraction of sp³-hybridized carbons (Fsp3) is 0.364. The lowest BCUT2D eigenvalue weighted by Gasteiger charge is -2.26. The van der Waals surface area contributed by atoms with Crippen molar-refractivity contribution in [3.8, 4) is 11.5 Å². The minimum absolute atomic E-state index is 0.0553. The van der Waals surface area contributed by atoms with Gasteiger partial charge in [-0.2, -0.15) is 0 Å². The molecule has 0 spiro atoms. The second kappa shape index (κ2) is 9.26. The third-order valence-electron chi connectivity index (χ3n) is 4.86. The van der Waals surface area contributed by atoms with Crippen molar-refractivity contribution in [3.63, 3.8) is 0 Å². The number of aliphatic carboxylic acids is 1. The van der Waals surface area contributed by atoms with Crippen molar-refractivity contribution in [3.05, 3.63) is 59.7 Å². The van der Waals surface area contributed by atoms with Crippen LogP contribution in [-0.2, 0) is 21.4 Å². The number of rotatable bonds is 9. The molecule has 0 radical (unpaired) electrons. The molecule has 2 aromatic carbocycles. The van der Waals surface area contributed by atoms with Gasteiger partial charge in [-0.05, 0) is 43.5 Å². The van der Waals surface area contributed by atoms with Crippen molar-refractivity contribution in [2.45, 2.75) is 25.7 Å². The maximum absolute atomic E-state index is 12.8. The van der Waals surface area contributed by atoms with E-state index in [4.69, 9.17) is 9.47 Å². The molecule has 2 rings (SSSR count). The van der Waals surface area contributed by atoms with Crippen molar-refractivity contribution in [1.82, 2.24) is 5.32 Å². The number of amides is 1. The topological polar surface area (TPSA) is 84.9 Å². The molecule has 0 heterocycles. The molecule has 0 aliphatic carbocycles. The number of hydrogen-bond donors (Lipinski definition) is 2. The maximum Gasteiger partial charge on any atom is 0.308 e. The fourth-order valence-corrected chi connectivity index (χ4v) is 2.94. The van der Waals surface area contributed by atoms with E-state index in [-0.39, 0.29) is 12.5 Å². The Morgan fingerprint density at radius 2 is 1.68 bits per heavy atom. The van der Waals surface area contributed by atoms with E-state index >= 15 is 0 Å². The number of nitrogens with one attached hydrogen (secondary N) is 1. The Morgan fingerprint density at radius 1 is 1.04 bits per heavy atom. The van der Waals surface area contributed by atoms with E-state index in [1.165, 1.54) is 7.11 Å². The van der Waals surface area contributed by atoms with Gasteiger partial charge in [-0.1, -0.05) is 36.4 Å². The molecule has 0 fully saturated rings. The van der Waals surface area contributed by atoms with Crippen LogP contribution >= 0.6 is 0 Å². The number of methoxy groups -OCH3 is 2. The summed E-state index contributed by atoms with van der Waals surface area (Å²) in [6, 6.07) is 14.7. The summed E-state index contributed by atoms with van der Waals surface area (Å²) in [4.78, 5) is 24.4. The highest BCUT2D eigenvalue weighted by molar-refractivity contribution is 5.88. The molecule has 0 aliphatic heterocycles. The van der Waals surface area contributed by atoms with Crippen LogP contribution in [0.2, 0.25) is 0 Å². The third kappa shape index (κ3) is 5.03. The predicted molar refractivity (Wildman–Crippen MR) is 107 cm³/mol. The lowest BCUT2D eigenvalue weighted by atomic mass is 9.83. The van der Waals surface area contributed by atoms with Crippen LogP contribution in [0.1, 0.15) is 25.0 Å². The van der Waals surface area contributed by atoms with Crippen LogP contribution in [0.15, 0.2) is 48.5 Å². The van der Waals surface area contributed by atoms with Crippen molar-refractivity contribution in [1.29, 1.82) is 0 Å². The van der Waals surface area contributed by atoms with E-state index in [2.05, 4.69) is 5.32 Å². The maximum atomic E-state index is 12.8. The highest BCUT2D eigenvalue weighted by Gasteiger charge is 2.31. The third-order valence-corrected chi connectivity index (χ3v) is 4.86. The zero-order valence-electron chi connectivity index (χ0n) is 16.7. The van der Waals surface area contributed by atoms with E-state index < -0.39 is 17.3 Å². The molecule has 0 bridgehead atoms. The van der Waals surface area contributed by atoms with Crippen LogP contribution in [-0.4, -0.2) is 37.7 Å². The van der Waals surface area contributed by atoms with Gasteiger partial charge in [-0.25, -0.2) is 0 Å². The number of carboxylic acids is 1. The van der Waals surface area contributed by atoms with Gasteiger partial charge >= 0.3 is 5.97 Å². The number of carbonyl (C=O) groups is 2. The highest BCUT2D eigenvalue weighted by atomic mass is 16.5. The molecule has 0 saturated heterocycles. The Balaban J connectivity index is 2.10. The molecule has 0 saturated carbocycles. The first-order chi connectivity index (χ1) is 13.3. The van der Waals surface area contributed by atoms with Gasteiger partial charge in [0.05, 0.1) is 25.6 Å². The summed E-state index contributed by atoms with van der Waals surface area (Å²) >= 11 is 0. The molecule has 2 aromatic rings. The Labute approximate surface area is 165 Å². The molecule has 1 unspecified atom stereocenters. The van der Waals surface area contributed by atoms with Gasteiger partial charge in [0.15, 0.2) is 11.5 Å². The summed E-state index contributed by atoms with van der Waals surface area (Å²) in [5.74, 6) is -0.774. The lowest BCUT2D eigenvalue weighted by molar-refractivity contribution is -0.141. The Bertz CT molecular complexity index is 817. The standard InChI is InChI=1S/C22H27NO5/c1-22(2,17-10-11-18(27-3)19(13-17)28-4)21(26)23-14-16(20(24)25)12-15-8-6-5-7-9-15/h5-11,13,16H,12,14H2,1-4H3,(H,23,26)(H,24,25). The highest BCUT2D eigenvalue weighted by Crippen LogP contribution is 2.33. The van der Waals surface area contributed by atoms with Crippen LogP contribution < -0.4 is 14.8 Å². The Hall–Kier alpha value is -3.02. The van der Waals surface area contributed by atoms with Gasteiger partial charge in [-0.15, -0.1) is 0 Å². The summed E-state index contributed by atoms with van der Waals surface area (Å²) in [5, 5.41) is 12.3. The Morgan fingerprint density at radius 3 is 2.25 bits per heavy atom. The summed E-state index contributed by atoms with van der Waals surface area (Å²) in [7, 11) is 3.09. The molecule has 6 nitrogen and oxygen atoms in total. The molecule has 2 N–H and O–H groups in total. The number of carbonyl (C=O) groups excluding carboxylic acids is 1. The first-order valence-corrected chi connectivity index (χ1v) is 9.07. The first kappa shape index (κ1) is 21.3. The average molecular weight is 385 g/mol. The summed E-state index contributed by atoms with van der Waals surface area (Å²) in [6.45, 7) is 3.63. The van der Waals surface area contributed by atoms with E-state index in [9.17, 15) is 14.7 Å². The van der Waals surface area contributed by atoms with Gasteiger partial charge in [0.25, 0.3) is 0 Å². The molecule has 1 amide bonds. The van der Waals surface area contributed by atoms with E-state index in [1.807, 2.05) is 30.3 Å². The zero-order chi connectivity index (χ0) is 20.7. The van der Waals surface area contributed by atoms with E-state index in [0.717, 1.165) is 11.1 Å². The number of benzene rings is 2. The monoisotopic (exact) mass is 385 g/mol. The zero-order valence-corrected chi connectivity index (χ0v) is 16.7. The van der Waals surface area contributed by atoms with Gasteiger partial charge < -0.3 is 19.9 Å². The normalized spacial score (nSPS) is 12.1. The quantitative estimate of drug-likeness (QED) is 0.693. The van der Waals surface area contributed by atoms with E-state index in [1.54, 1.807) is 39.2 Å². The fourth-order valence-electron chi connectivity index (χ4n) is 2.94. The second-order valence-electron chi connectivity index (χ2n) is 7.13. The molecule has 6 heteroatoms. The van der Waals surface area contributed by atoms with Gasteiger partial charge in [-0.3, -0.25) is 9.59 Å². The number of ether oxygens (including phenoxy) is 2. The summed E-state index contributed by atoms with van der Waals surface area (Å²) in [6.07, 6.45) is 0.354. The molecule has 28 heavy (non-hydrogen) atoms. The Kier molecular flexibility index (Phi) is 7.04. The number of hydrogen-bond acceptors (Lipinski definition) is 4. The van der Waals surface area contributed by atoms with Crippen LogP contribution in [0.3, 0.4) is 0 Å². The SMILES string of the molecule is COc1ccc(C(C)(C)C(=O)NCC(Cc2ccccc2)C(=O)O)cc1OC. The molecule has 0 aliphatic rings. The van der Waals surface area contributed by atoms with Crippen LogP contribution in [0.5, 0.6) is 11.5 Å². The summed E-state index contributed by atoms with van der Waals surface area (Å²) < 4.78 is 10.5. The van der Waals surface area contributed by atoms with Crippen molar-refractivity contribution < 1.29 is 24.2 Å². The van der Waals surface area contributed by atoms with Crippen molar-refractivity contribution in [2.75, 3.05) is 20.8 Å². The van der Waals surface area contributed by atoms with E-state index in [0.29, 0.717) is 17.9 Å². The summed E-state index contributed by atoms with van der Waals surface area (Å²) in [5.41, 5.74) is 0.802. The van der Waals surface area contributed by atoms with Gasteiger partial charge in [0.1, 0.15) is 0 Å².